The van der Waals surface area contributed by atoms with Gasteiger partial charge in [0.25, 0.3) is 0 Å². The lowest BCUT2D eigenvalue weighted by Gasteiger charge is -2.25. The van der Waals surface area contributed by atoms with Gasteiger partial charge in [0.05, 0.1) is 6.04 Å². The summed E-state index contributed by atoms with van der Waals surface area (Å²) >= 11 is 0. The Balaban J connectivity index is 1.86. The van der Waals surface area contributed by atoms with Crippen molar-refractivity contribution < 1.29 is 4.79 Å². The van der Waals surface area contributed by atoms with Crippen molar-refractivity contribution in [2.75, 3.05) is 20.6 Å². The lowest BCUT2D eigenvalue weighted by molar-refractivity contribution is -0.121. The van der Waals surface area contributed by atoms with Gasteiger partial charge >= 0.3 is 0 Å². The van der Waals surface area contributed by atoms with E-state index in [9.17, 15) is 4.79 Å². The van der Waals surface area contributed by atoms with Crippen LogP contribution in [0.1, 0.15) is 29.2 Å². The summed E-state index contributed by atoms with van der Waals surface area (Å²) < 4.78 is 0. The minimum atomic E-state index is 0.104. The largest absolute Gasteiger partial charge is 0.354 e. The van der Waals surface area contributed by atoms with Crippen molar-refractivity contribution in [1.29, 1.82) is 0 Å². The first-order valence-corrected chi connectivity index (χ1v) is 8.10. The molecule has 3 nitrogen and oxygen atoms in total. The molecule has 1 atom stereocenters. The molecule has 122 valence electrons. The van der Waals surface area contributed by atoms with Crippen molar-refractivity contribution in [3.05, 3.63) is 71.3 Å². The van der Waals surface area contributed by atoms with E-state index in [4.69, 9.17) is 0 Å². The fourth-order valence-electron chi connectivity index (χ4n) is 2.59. The quantitative estimate of drug-likeness (QED) is 0.850. The molecule has 3 heteroatoms. The predicted molar refractivity (Wildman–Crippen MR) is 95.4 cm³/mol. The number of amides is 1. The van der Waals surface area contributed by atoms with E-state index in [1.807, 2.05) is 32.3 Å². The van der Waals surface area contributed by atoms with E-state index in [2.05, 4.69) is 53.5 Å². The molecule has 0 fully saturated rings. The van der Waals surface area contributed by atoms with Gasteiger partial charge in [-0.1, -0.05) is 60.2 Å². The second kappa shape index (κ2) is 8.49. The number of hydrogen-bond donors (Lipinski definition) is 1. The molecule has 0 saturated carbocycles. The van der Waals surface area contributed by atoms with Crippen LogP contribution in [0.3, 0.4) is 0 Å². The first kappa shape index (κ1) is 17.2. The Labute approximate surface area is 139 Å². The van der Waals surface area contributed by atoms with Crippen LogP contribution in [0.2, 0.25) is 0 Å². The highest BCUT2D eigenvalue weighted by Gasteiger charge is 2.15. The number of rotatable bonds is 7. The molecule has 0 heterocycles. The maximum Gasteiger partial charge on any atom is 0.220 e. The zero-order valence-electron chi connectivity index (χ0n) is 14.3. The standard InChI is InChI=1S/C20H26N2O/c1-16-9-12-18(13-10-16)19(22(2)3)15-21-20(23)14-11-17-7-5-4-6-8-17/h4-10,12-13,19H,11,14-15H2,1-3H3,(H,21,23)/t19-/m1/s1. The molecule has 0 aromatic heterocycles. The average Bonchev–Trinajstić information content (AvgIpc) is 2.55. The molecule has 2 aromatic rings. The summed E-state index contributed by atoms with van der Waals surface area (Å²) in [4.78, 5) is 14.2. The van der Waals surface area contributed by atoms with Crippen LogP contribution in [0.25, 0.3) is 0 Å². The second-order valence-electron chi connectivity index (χ2n) is 6.18. The normalized spacial score (nSPS) is 12.2. The van der Waals surface area contributed by atoms with E-state index in [-0.39, 0.29) is 11.9 Å². The molecular weight excluding hydrogens is 284 g/mol. The fourth-order valence-corrected chi connectivity index (χ4v) is 2.59. The molecule has 0 unspecified atom stereocenters. The highest BCUT2D eigenvalue weighted by molar-refractivity contribution is 5.76. The van der Waals surface area contributed by atoms with Gasteiger partial charge in [-0.15, -0.1) is 0 Å². The Hall–Kier alpha value is -2.13. The summed E-state index contributed by atoms with van der Waals surface area (Å²) in [5, 5.41) is 3.07. The third-order valence-electron chi connectivity index (χ3n) is 4.06. The summed E-state index contributed by atoms with van der Waals surface area (Å²) in [6.45, 7) is 2.71. The van der Waals surface area contributed by atoms with Gasteiger partial charge in [-0.25, -0.2) is 0 Å². The van der Waals surface area contributed by atoms with Crippen LogP contribution in [0.15, 0.2) is 54.6 Å². The molecule has 0 aliphatic heterocycles. The zero-order chi connectivity index (χ0) is 16.7. The fraction of sp³-hybridized carbons (Fsp3) is 0.350. The number of benzene rings is 2. The maximum atomic E-state index is 12.1. The highest BCUT2D eigenvalue weighted by Crippen LogP contribution is 2.18. The molecular formula is C20H26N2O. The molecule has 0 spiro atoms. The van der Waals surface area contributed by atoms with Gasteiger partial charge in [0.1, 0.15) is 0 Å². The number of aryl methyl sites for hydroxylation is 2. The van der Waals surface area contributed by atoms with Crippen LogP contribution in [0, 0.1) is 6.92 Å². The number of nitrogens with one attached hydrogen (secondary N) is 1. The Morgan fingerprint density at radius 2 is 1.70 bits per heavy atom. The third-order valence-corrected chi connectivity index (χ3v) is 4.06. The Kier molecular flexibility index (Phi) is 6.36. The molecule has 0 saturated heterocycles. The molecule has 1 amide bonds. The maximum absolute atomic E-state index is 12.1. The minimum Gasteiger partial charge on any atom is -0.354 e. The van der Waals surface area contributed by atoms with Crippen LogP contribution in [-0.2, 0) is 11.2 Å². The summed E-state index contributed by atoms with van der Waals surface area (Å²) in [7, 11) is 4.08. The van der Waals surface area contributed by atoms with Crippen LogP contribution in [0.4, 0.5) is 0 Å². The lowest BCUT2D eigenvalue weighted by atomic mass is 10.0. The van der Waals surface area contributed by atoms with Gasteiger partial charge < -0.3 is 10.2 Å². The van der Waals surface area contributed by atoms with E-state index in [1.165, 1.54) is 16.7 Å². The van der Waals surface area contributed by atoms with E-state index < -0.39 is 0 Å². The van der Waals surface area contributed by atoms with Gasteiger partial charge in [-0.3, -0.25) is 4.79 Å². The van der Waals surface area contributed by atoms with Crippen LogP contribution in [-0.4, -0.2) is 31.4 Å². The molecule has 1 N–H and O–H groups in total. The van der Waals surface area contributed by atoms with Crippen molar-refractivity contribution >= 4 is 5.91 Å². The Bertz CT molecular complexity index is 605. The number of likely N-dealkylation sites (N-methyl/N-ethyl adjacent to an activating group) is 1. The van der Waals surface area contributed by atoms with Crippen molar-refractivity contribution in [3.63, 3.8) is 0 Å². The van der Waals surface area contributed by atoms with Gasteiger partial charge in [-0.2, -0.15) is 0 Å². The number of carbonyl (C=O) groups is 1. The minimum absolute atomic E-state index is 0.104. The summed E-state index contributed by atoms with van der Waals surface area (Å²) in [6.07, 6.45) is 1.31. The van der Waals surface area contributed by atoms with Crippen molar-refractivity contribution in [2.24, 2.45) is 0 Å². The topological polar surface area (TPSA) is 32.3 Å². The first-order valence-electron chi connectivity index (χ1n) is 8.10. The SMILES string of the molecule is Cc1ccc([C@@H](CNC(=O)CCc2ccccc2)N(C)C)cc1. The van der Waals surface area contributed by atoms with Gasteiger partial charge in [0.15, 0.2) is 0 Å². The predicted octanol–water partition coefficient (Wildman–Crippen LogP) is 3.35. The summed E-state index contributed by atoms with van der Waals surface area (Å²) in [5.41, 5.74) is 3.67. The Morgan fingerprint density at radius 1 is 1.04 bits per heavy atom. The molecule has 0 aliphatic rings. The van der Waals surface area contributed by atoms with Crippen molar-refractivity contribution in [2.45, 2.75) is 25.8 Å². The monoisotopic (exact) mass is 310 g/mol. The average molecular weight is 310 g/mol. The van der Waals surface area contributed by atoms with E-state index in [0.29, 0.717) is 13.0 Å². The number of hydrogen-bond acceptors (Lipinski definition) is 2. The van der Waals surface area contributed by atoms with Gasteiger partial charge in [0, 0.05) is 13.0 Å². The van der Waals surface area contributed by atoms with Crippen LogP contribution in [0.5, 0.6) is 0 Å². The summed E-state index contributed by atoms with van der Waals surface area (Å²) in [5.74, 6) is 0.104. The van der Waals surface area contributed by atoms with Crippen LogP contribution >= 0.6 is 0 Å². The molecule has 0 bridgehead atoms. The van der Waals surface area contributed by atoms with Crippen molar-refractivity contribution in [1.82, 2.24) is 10.2 Å². The van der Waals surface area contributed by atoms with E-state index in [1.54, 1.807) is 0 Å². The molecule has 2 aromatic carbocycles. The third kappa shape index (κ3) is 5.53. The van der Waals surface area contributed by atoms with Crippen LogP contribution < -0.4 is 5.32 Å². The first-order chi connectivity index (χ1) is 11.1. The molecule has 0 aliphatic carbocycles. The van der Waals surface area contributed by atoms with E-state index in [0.717, 1.165) is 6.42 Å². The number of nitrogens with zero attached hydrogens (tertiary/aromatic N) is 1. The lowest BCUT2D eigenvalue weighted by Crippen LogP contribution is -2.34. The molecule has 23 heavy (non-hydrogen) atoms. The molecule has 0 radical (unpaired) electrons. The van der Waals surface area contributed by atoms with Crippen molar-refractivity contribution in [3.8, 4) is 0 Å². The van der Waals surface area contributed by atoms with E-state index >= 15 is 0 Å². The van der Waals surface area contributed by atoms with Gasteiger partial charge in [0.2, 0.25) is 5.91 Å². The zero-order valence-corrected chi connectivity index (χ0v) is 14.3. The Morgan fingerprint density at radius 3 is 2.30 bits per heavy atom. The molecule has 2 rings (SSSR count). The van der Waals surface area contributed by atoms with Gasteiger partial charge in [-0.05, 0) is 38.6 Å². The second-order valence-corrected chi connectivity index (χ2v) is 6.18. The highest BCUT2D eigenvalue weighted by atomic mass is 16.1. The summed E-state index contributed by atoms with van der Waals surface area (Å²) in [6, 6.07) is 18.8. The number of carbonyl (C=O) groups excluding carboxylic acids is 1. The smallest absolute Gasteiger partial charge is 0.220 e.